The highest BCUT2D eigenvalue weighted by molar-refractivity contribution is 5.70. The van der Waals surface area contributed by atoms with Crippen molar-refractivity contribution in [2.45, 2.75) is 283 Å². The molecule has 0 radical (unpaired) electrons. The molecule has 2 unspecified atom stereocenters. The van der Waals surface area contributed by atoms with Crippen LogP contribution in [0, 0.1) is 0 Å². The molecule has 0 fully saturated rings. The van der Waals surface area contributed by atoms with Gasteiger partial charge in [-0.25, -0.2) is 0 Å². The second-order valence-corrected chi connectivity index (χ2v) is 25.8. The van der Waals surface area contributed by atoms with Crippen LogP contribution in [0.5, 0.6) is 0 Å². The Morgan fingerprint density at radius 2 is 0.557 bits per heavy atom. The van der Waals surface area contributed by atoms with E-state index in [0.717, 1.165) is 167 Å². The number of carboxylic acid groups (broad SMARTS) is 1. The first kappa shape index (κ1) is 90.9. The molecule has 0 heterocycles. The molecule has 97 heavy (non-hydrogen) atoms. The zero-order valence-electron chi connectivity index (χ0n) is 62.1. The number of hydrogen-bond donors (Lipinski definition) is 0. The van der Waals surface area contributed by atoms with Crippen molar-refractivity contribution in [3.05, 3.63) is 207 Å². The number of rotatable bonds is 68. The zero-order valence-corrected chi connectivity index (χ0v) is 62.1. The lowest BCUT2D eigenvalue weighted by Gasteiger charge is -2.26. The van der Waals surface area contributed by atoms with E-state index in [1.807, 2.05) is 21.1 Å². The Bertz CT molecular complexity index is 2350. The van der Waals surface area contributed by atoms with Crippen molar-refractivity contribution in [1.29, 1.82) is 0 Å². The van der Waals surface area contributed by atoms with Crippen molar-refractivity contribution < 1.29 is 42.9 Å². The number of unbranched alkanes of at least 4 members (excludes halogenated alkanes) is 19. The van der Waals surface area contributed by atoms with Crippen LogP contribution in [0.1, 0.15) is 271 Å². The molecule has 0 bridgehead atoms. The molecule has 0 aliphatic heterocycles. The maximum atomic E-state index is 13.0. The Morgan fingerprint density at radius 3 is 0.825 bits per heavy atom. The highest BCUT2D eigenvalue weighted by Gasteiger charge is 2.22. The third-order valence-corrected chi connectivity index (χ3v) is 15.5. The molecule has 9 heteroatoms. The van der Waals surface area contributed by atoms with E-state index >= 15 is 0 Å². The average Bonchev–Trinajstić information content (AvgIpc) is 3.11. The number of likely N-dealkylation sites (N-methyl/N-ethyl adjacent to an activating group) is 1. The number of nitrogens with zero attached hydrogens (tertiary/aromatic N) is 1. The predicted octanol–water partition coefficient (Wildman–Crippen LogP) is 23.4. The van der Waals surface area contributed by atoms with Gasteiger partial charge in [-0.05, 0) is 148 Å². The molecular formula is C88H139NO8. The monoisotopic (exact) mass is 1340 g/mol. The summed E-state index contributed by atoms with van der Waals surface area (Å²) >= 11 is 0. The number of ether oxygens (including phenoxy) is 4. The molecule has 0 aromatic carbocycles. The van der Waals surface area contributed by atoms with E-state index in [4.69, 9.17) is 18.9 Å². The fraction of sp³-hybridized carbons (Fsp3) is 0.580. The van der Waals surface area contributed by atoms with E-state index in [1.165, 1.54) is 70.6 Å². The molecule has 9 nitrogen and oxygen atoms in total. The van der Waals surface area contributed by atoms with Gasteiger partial charge in [0.25, 0.3) is 0 Å². The van der Waals surface area contributed by atoms with E-state index in [9.17, 15) is 19.5 Å². The van der Waals surface area contributed by atoms with Gasteiger partial charge in [0, 0.05) is 12.8 Å². The molecule has 0 rings (SSSR count). The lowest BCUT2D eigenvalue weighted by atomic mass is 10.1. The minimum Gasteiger partial charge on any atom is -0.545 e. The highest BCUT2D eigenvalue weighted by atomic mass is 16.7. The van der Waals surface area contributed by atoms with Crippen LogP contribution in [0.25, 0.3) is 0 Å². The summed E-state index contributed by atoms with van der Waals surface area (Å²) in [7, 11) is 5.92. The van der Waals surface area contributed by atoms with Crippen LogP contribution in [-0.2, 0) is 33.3 Å². The molecule has 2 atom stereocenters. The van der Waals surface area contributed by atoms with Crippen molar-refractivity contribution in [1.82, 2.24) is 0 Å². The van der Waals surface area contributed by atoms with Gasteiger partial charge >= 0.3 is 11.9 Å². The summed E-state index contributed by atoms with van der Waals surface area (Å²) < 4.78 is 22.8. The highest BCUT2D eigenvalue weighted by Crippen LogP contribution is 2.16. The SMILES string of the molecule is CC/C=C\C/C=C\C/C=C\C/C=C\C/C=C\C/C=C\C/C=C\C/C=C\C/C=C\CCCCCCCCCCCC(=O)OC(COC(=O)CCCCCCCCCCCC/C=C\C/C=C\C/C=C\C/C=C\C/C=C\C/C=C\C/C=C\C/C=C\CC)COC(OCC[N+](C)(C)C)C(=O)[O-]. The van der Waals surface area contributed by atoms with Crippen LogP contribution in [0.3, 0.4) is 0 Å². The van der Waals surface area contributed by atoms with Crippen LogP contribution >= 0.6 is 0 Å². The molecule has 0 amide bonds. The summed E-state index contributed by atoms with van der Waals surface area (Å²) in [6.45, 7) is 4.49. The number of carboxylic acids is 1. The molecule has 0 N–H and O–H groups in total. The van der Waals surface area contributed by atoms with E-state index in [-0.39, 0.29) is 38.6 Å². The van der Waals surface area contributed by atoms with Gasteiger partial charge in [0.05, 0.1) is 40.3 Å². The topological polar surface area (TPSA) is 111 Å². The second kappa shape index (κ2) is 75.6. The Morgan fingerprint density at radius 1 is 0.309 bits per heavy atom. The molecule has 0 aliphatic carbocycles. The first-order valence-electron chi connectivity index (χ1n) is 38.2. The molecule has 544 valence electrons. The van der Waals surface area contributed by atoms with Gasteiger partial charge in [0.15, 0.2) is 12.4 Å². The summed E-state index contributed by atoms with van der Waals surface area (Å²) in [5, 5.41) is 11.9. The van der Waals surface area contributed by atoms with Gasteiger partial charge in [-0.3, -0.25) is 9.59 Å². The van der Waals surface area contributed by atoms with Crippen LogP contribution in [-0.4, -0.2) is 82.3 Å². The van der Waals surface area contributed by atoms with Crippen LogP contribution in [0.15, 0.2) is 207 Å². The number of aliphatic carboxylic acids is 1. The maximum absolute atomic E-state index is 13.0. The molecule has 0 spiro atoms. The van der Waals surface area contributed by atoms with E-state index in [1.54, 1.807) is 0 Å². The van der Waals surface area contributed by atoms with Crippen LogP contribution in [0.2, 0.25) is 0 Å². The molecule has 0 aromatic rings. The first-order valence-corrected chi connectivity index (χ1v) is 38.2. The number of hydrogen-bond acceptors (Lipinski definition) is 8. The van der Waals surface area contributed by atoms with Gasteiger partial charge in [-0.2, -0.15) is 0 Å². The molecule has 0 aromatic heterocycles. The van der Waals surface area contributed by atoms with Gasteiger partial charge in [0.2, 0.25) is 0 Å². The van der Waals surface area contributed by atoms with Crippen LogP contribution in [0.4, 0.5) is 0 Å². The smallest absolute Gasteiger partial charge is 0.306 e. The lowest BCUT2D eigenvalue weighted by Crippen LogP contribution is -2.44. The minimum absolute atomic E-state index is 0.135. The van der Waals surface area contributed by atoms with Crippen molar-refractivity contribution in [3.8, 4) is 0 Å². The van der Waals surface area contributed by atoms with E-state index in [2.05, 4.69) is 220 Å². The lowest BCUT2D eigenvalue weighted by molar-refractivity contribution is -0.870. The molecule has 0 saturated heterocycles. The quantitative estimate of drug-likeness (QED) is 0.0195. The summed E-state index contributed by atoms with van der Waals surface area (Å²) in [6.07, 6.45) is 115. The standard InChI is InChI=1S/C88H139NO8/c1-6-8-10-12-14-16-18-20-22-24-26-28-30-32-34-36-38-40-42-43-45-47-49-51-53-55-57-59-61-63-65-67-69-71-73-75-77-79-86(91)97-84(83-96-88(87(92)93)94-81-80-89(3,4)5)82-95-85(90)78-76-74-72-70-68-66-64-62-60-58-56-54-52-50-48-46-44-41-39-37-35-33-31-29-27-25-23-21-19-17-15-13-11-9-7-2/h8-11,14-17,20-23,26-29,32-35,38-41,43,45-46,48-49,51-52,54-55,57,84,88H,6-7,12-13,18-19,24-25,30-31,36-37,42,44,47,50,53,56,58-83H2,1-5H3/b10-8-,11-9-,16-14-,17-15-,22-20-,23-21-,28-26-,29-27-,34-32-,35-33-,40-38-,41-39-,45-43-,48-46-,51-49-,54-52-,57-55-. The van der Waals surface area contributed by atoms with E-state index < -0.39 is 24.3 Å². The van der Waals surface area contributed by atoms with Crippen LogP contribution < -0.4 is 5.11 Å². The number of carbonyl (C=O) groups is 3. The molecule has 0 saturated carbocycles. The number of carbonyl (C=O) groups excluding carboxylic acids is 3. The second-order valence-electron chi connectivity index (χ2n) is 25.8. The van der Waals surface area contributed by atoms with E-state index in [0.29, 0.717) is 17.4 Å². The first-order chi connectivity index (χ1) is 47.6. The van der Waals surface area contributed by atoms with Gasteiger partial charge in [0.1, 0.15) is 13.2 Å². The van der Waals surface area contributed by atoms with Gasteiger partial charge < -0.3 is 33.3 Å². The number of esters is 2. The van der Waals surface area contributed by atoms with Crippen molar-refractivity contribution in [2.24, 2.45) is 0 Å². The third-order valence-electron chi connectivity index (χ3n) is 15.5. The molecule has 0 aliphatic rings. The zero-order chi connectivity index (χ0) is 70.4. The summed E-state index contributed by atoms with van der Waals surface area (Å²) in [6, 6.07) is 0. The predicted molar refractivity (Wildman–Crippen MR) is 416 cm³/mol. The Balaban J connectivity index is 4.18. The van der Waals surface area contributed by atoms with Gasteiger partial charge in [-0.1, -0.05) is 317 Å². The Kier molecular flexibility index (Phi) is 70.9. The summed E-state index contributed by atoms with van der Waals surface area (Å²) in [5.74, 6) is -2.31. The number of allylic oxidation sites excluding steroid dienone is 34. The summed E-state index contributed by atoms with van der Waals surface area (Å²) in [5.41, 5.74) is 0. The Hall–Kier alpha value is -6.13. The largest absolute Gasteiger partial charge is 0.545 e. The minimum atomic E-state index is -1.64. The fourth-order valence-corrected chi connectivity index (χ4v) is 9.78. The normalized spacial score (nSPS) is 13.9. The molecular weight excluding hydrogens is 1200 g/mol. The number of quaternary nitrogens is 1. The maximum Gasteiger partial charge on any atom is 0.306 e. The third kappa shape index (κ3) is 77.1. The van der Waals surface area contributed by atoms with Gasteiger partial charge in [-0.15, -0.1) is 0 Å². The van der Waals surface area contributed by atoms with Crippen molar-refractivity contribution in [2.75, 3.05) is 47.5 Å². The van der Waals surface area contributed by atoms with Crippen molar-refractivity contribution in [3.63, 3.8) is 0 Å². The Labute approximate surface area is 594 Å². The van der Waals surface area contributed by atoms with Crippen molar-refractivity contribution >= 4 is 17.9 Å². The average molecular weight is 1340 g/mol. The fourth-order valence-electron chi connectivity index (χ4n) is 9.78. The summed E-state index contributed by atoms with van der Waals surface area (Å²) in [4.78, 5) is 37.6.